The second-order valence-corrected chi connectivity index (χ2v) is 4.41. The summed E-state index contributed by atoms with van der Waals surface area (Å²) in [6.45, 7) is 0. The molecule has 106 valence electrons. The molecule has 2 aromatic carbocycles. The van der Waals surface area contributed by atoms with E-state index in [-0.39, 0.29) is 51.4 Å². The van der Waals surface area contributed by atoms with Gasteiger partial charge in [-0.2, -0.15) is 0 Å². The molecule has 1 atom stereocenters. The number of carbonyl (C=O) groups is 1. The van der Waals surface area contributed by atoms with Crippen LogP contribution in [0.2, 0.25) is 0 Å². The third kappa shape index (κ3) is 3.63. The minimum absolute atomic E-state index is 0. The van der Waals surface area contributed by atoms with Crippen LogP contribution in [0.4, 0.5) is 0 Å². The number of aliphatic carboxylic acids is 1. The van der Waals surface area contributed by atoms with Crippen LogP contribution in [0.5, 0.6) is 0 Å². The van der Waals surface area contributed by atoms with Gasteiger partial charge < -0.3 is 14.9 Å². The maximum atomic E-state index is 11.3. The number of benzene rings is 2. The van der Waals surface area contributed by atoms with Crippen LogP contribution in [-0.4, -0.2) is 80.8 Å². The molecule has 2 aromatic rings. The van der Waals surface area contributed by atoms with Crippen molar-refractivity contribution in [3.8, 4) is 0 Å². The Kier molecular flexibility index (Phi) is 7.22. The van der Waals surface area contributed by atoms with E-state index < -0.39 is 17.7 Å². The Hall–Kier alpha value is -0.534. The molecule has 0 fully saturated rings. The molecule has 2 N–H and O–H groups in total. The Morgan fingerprint density at radius 2 is 1.38 bits per heavy atom. The van der Waals surface area contributed by atoms with Gasteiger partial charge in [-0.15, -0.1) is 0 Å². The van der Waals surface area contributed by atoms with Crippen LogP contribution in [0.15, 0.2) is 60.7 Å². The van der Waals surface area contributed by atoms with Crippen molar-refractivity contribution in [1.29, 1.82) is 0 Å². The van der Waals surface area contributed by atoms with Gasteiger partial charge in [-0.3, -0.25) is 0 Å². The van der Waals surface area contributed by atoms with Crippen molar-refractivity contribution in [2.75, 3.05) is 7.11 Å². The number of hydrogen-bond acceptors (Lipinski definition) is 3. The van der Waals surface area contributed by atoms with Crippen LogP contribution < -0.4 is 0 Å². The number of rotatable bonds is 5. The van der Waals surface area contributed by atoms with E-state index in [4.69, 9.17) is 4.74 Å². The zero-order valence-electron chi connectivity index (χ0n) is 11.1. The SMILES string of the molecule is COC(c1ccccc1)(c1ccccc1)C(O)C(=O)O.[KH]. The van der Waals surface area contributed by atoms with E-state index in [1.54, 1.807) is 48.5 Å². The standard InChI is InChI=1S/C16H16O4.K.H/c1-20-16(14(17)15(18)19,12-8-4-2-5-9-12)13-10-6-3-7-11-13;;/h2-11,14,17H,1H3,(H,18,19);;. The molecule has 5 heteroatoms. The van der Waals surface area contributed by atoms with Gasteiger partial charge in [0, 0.05) is 7.11 Å². The predicted molar refractivity (Wildman–Crippen MR) is 81.5 cm³/mol. The summed E-state index contributed by atoms with van der Waals surface area (Å²) in [5.41, 5.74) is -0.263. The topological polar surface area (TPSA) is 66.8 Å². The summed E-state index contributed by atoms with van der Waals surface area (Å²) in [6, 6.07) is 17.7. The molecule has 2 rings (SSSR count). The summed E-state index contributed by atoms with van der Waals surface area (Å²) in [4.78, 5) is 11.3. The normalized spacial score (nSPS) is 12.3. The van der Waals surface area contributed by atoms with Crippen LogP contribution in [0.1, 0.15) is 11.1 Å². The fraction of sp³-hybridized carbons (Fsp3) is 0.188. The molecule has 0 heterocycles. The van der Waals surface area contributed by atoms with Crippen LogP contribution in [0.3, 0.4) is 0 Å². The molecule has 4 nitrogen and oxygen atoms in total. The summed E-state index contributed by atoms with van der Waals surface area (Å²) in [5.74, 6) is -1.33. The molecule has 0 aliphatic carbocycles. The second-order valence-electron chi connectivity index (χ2n) is 4.41. The van der Waals surface area contributed by atoms with Crippen molar-refractivity contribution in [2.45, 2.75) is 11.7 Å². The van der Waals surface area contributed by atoms with E-state index in [0.717, 1.165) is 0 Å². The van der Waals surface area contributed by atoms with Crippen molar-refractivity contribution < 1.29 is 19.7 Å². The van der Waals surface area contributed by atoms with Gasteiger partial charge in [0.1, 0.15) is 0 Å². The fourth-order valence-electron chi connectivity index (χ4n) is 2.38. The van der Waals surface area contributed by atoms with E-state index >= 15 is 0 Å². The molecule has 0 aromatic heterocycles. The van der Waals surface area contributed by atoms with Crippen molar-refractivity contribution in [2.24, 2.45) is 0 Å². The van der Waals surface area contributed by atoms with Gasteiger partial charge in [0.25, 0.3) is 0 Å². The van der Waals surface area contributed by atoms with Crippen molar-refractivity contribution in [1.82, 2.24) is 0 Å². The third-order valence-electron chi connectivity index (χ3n) is 3.35. The summed E-state index contributed by atoms with van der Waals surface area (Å²) in [6.07, 6.45) is -1.71. The fourth-order valence-corrected chi connectivity index (χ4v) is 2.38. The van der Waals surface area contributed by atoms with E-state index in [1.165, 1.54) is 7.11 Å². The zero-order valence-corrected chi connectivity index (χ0v) is 11.1. The number of hydrogen-bond donors (Lipinski definition) is 2. The zero-order chi connectivity index (χ0) is 14.6. The summed E-state index contributed by atoms with van der Waals surface area (Å²) < 4.78 is 5.50. The van der Waals surface area contributed by atoms with Crippen LogP contribution >= 0.6 is 0 Å². The minimum atomic E-state index is -1.71. The van der Waals surface area contributed by atoms with Crippen molar-refractivity contribution in [3.63, 3.8) is 0 Å². The first-order chi connectivity index (χ1) is 9.63. The van der Waals surface area contributed by atoms with Gasteiger partial charge in [0.05, 0.1) is 0 Å². The van der Waals surface area contributed by atoms with E-state index in [9.17, 15) is 15.0 Å². The molecule has 1 unspecified atom stereocenters. The summed E-state index contributed by atoms with van der Waals surface area (Å²) in [7, 11) is 1.40. The molecule has 21 heavy (non-hydrogen) atoms. The van der Waals surface area contributed by atoms with E-state index in [1.807, 2.05) is 12.1 Å². The van der Waals surface area contributed by atoms with Crippen LogP contribution in [0.25, 0.3) is 0 Å². The van der Waals surface area contributed by atoms with E-state index in [0.29, 0.717) is 11.1 Å². The van der Waals surface area contributed by atoms with Gasteiger partial charge in [-0.05, 0) is 11.1 Å². The quantitative estimate of drug-likeness (QED) is 0.819. The van der Waals surface area contributed by atoms with Gasteiger partial charge in [-0.1, -0.05) is 60.7 Å². The van der Waals surface area contributed by atoms with Crippen molar-refractivity contribution in [3.05, 3.63) is 71.8 Å². The molecular weight excluding hydrogens is 295 g/mol. The predicted octanol–water partition coefficient (Wildman–Crippen LogP) is 1.37. The summed E-state index contributed by atoms with van der Waals surface area (Å²) in [5, 5.41) is 19.5. The Bertz CT molecular complexity index is 532. The first-order valence-corrected chi connectivity index (χ1v) is 6.20. The van der Waals surface area contributed by atoms with Crippen molar-refractivity contribution >= 4 is 57.4 Å². The Morgan fingerprint density at radius 3 is 1.67 bits per heavy atom. The monoisotopic (exact) mass is 312 g/mol. The first-order valence-electron chi connectivity index (χ1n) is 6.20. The third-order valence-corrected chi connectivity index (χ3v) is 3.35. The second kappa shape index (κ2) is 8.19. The average Bonchev–Trinajstić information content (AvgIpc) is 2.50. The molecule has 0 aliphatic heterocycles. The number of aliphatic hydroxyl groups is 1. The Labute approximate surface area is 166 Å². The Balaban J connectivity index is 0.00000220. The first kappa shape index (κ1) is 18.5. The van der Waals surface area contributed by atoms with E-state index in [2.05, 4.69) is 0 Å². The summed E-state index contributed by atoms with van der Waals surface area (Å²) >= 11 is 0. The number of methoxy groups -OCH3 is 1. The molecule has 0 bridgehead atoms. The van der Waals surface area contributed by atoms with Gasteiger partial charge >= 0.3 is 57.4 Å². The molecule has 0 radical (unpaired) electrons. The molecule has 0 saturated heterocycles. The number of ether oxygens (including phenoxy) is 1. The molecule has 0 aliphatic rings. The van der Waals surface area contributed by atoms with Gasteiger partial charge in [0.2, 0.25) is 0 Å². The van der Waals surface area contributed by atoms with Crippen LogP contribution in [-0.2, 0) is 15.1 Å². The van der Waals surface area contributed by atoms with Gasteiger partial charge in [-0.25, -0.2) is 4.79 Å². The molecule has 0 spiro atoms. The number of aliphatic hydroxyl groups excluding tert-OH is 1. The number of carboxylic acids is 1. The van der Waals surface area contributed by atoms with Crippen LogP contribution in [0, 0.1) is 0 Å². The molecule has 0 saturated carbocycles. The number of carboxylic acid groups (broad SMARTS) is 1. The maximum absolute atomic E-state index is 11.3. The van der Waals surface area contributed by atoms with Gasteiger partial charge in [0.15, 0.2) is 11.7 Å². The Morgan fingerprint density at radius 1 is 1.00 bits per heavy atom. The molecular formula is C16H17KO4. The molecule has 0 amide bonds. The average molecular weight is 312 g/mol.